The average molecular weight is 582 g/mol. The number of methoxy groups -OCH3 is 1. The Kier molecular flexibility index (Phi) is 11.7. The summed E-state index contributed by atoms with van der Waals surface area (Å²) in [7, 11) is 1.62. The number of nitrogens with zero attached hydrogens (tertiary/aromatic N) is 1. The van der Waals surface area contributed by atoms with E-state index < -0.39 is 6.04 Å². The molecule has 0 unspecified atom stereocenters. The third-order valence-corrected chi connectivity index (χ3v) is 6.87. The lowest BCUT2D eigenvalue weighted by molar-refractivity contribution is -0.141. The first-order chi connectivity index (χ1) is 18.4. The van der Waals surface area contributed by atoms with Gasteiger partial charge < -0.3 is 19.7 Å². The molecule has 0 saturated heterocycles. The zero-order chi connectivity index (χ0) is 27.3. The lowest BCUT2D eigenvalue weighted by Gasteiger charge is -2.32. The Bertz CT molecular complexity index is 1150. The van der Waals surface area contributed by atoms with Gasteiger partial charge in [0.1, 0.15) is 17.5 Å². The number of nitrogens with one attached hydrogen (secondary N) is 1. The summed E-state index contributed by atoms with van der Waals surface area (Å²) in [6, 6.07) is 24.4. The molecule has 1 N–H and O–H groups in total. The summed E-state index contributed by atoms with van der Waals surface area (Å²) in [5.41, 5.74) is 1.96. The van der Waals surface area contributed by atoms with Crippen molar-refractivity contribution in [3.05, 3.63) is 94.5 Å². The van der Waals surface area contributed by atoms with Crippen molar-refractivity contribution in [1.82, 2.24) is 10.2 Å². The quantitative estimate of drug-likeness (QED) is 0.231. The van der Waals surface area contributed by atoms with Crippen LogP contribution in [0.3, 0.4) is 0 Å². The molecule has 0 aromatic heterocycles. The van der Waals surface area contributed by atoms with Gasteiger partial charge in [-0.15, -0.1) is 0 Å². The first kappa shape index (κ1) is 29.2. The van der Waals surface area contributed by atoms with E-state index >= 15 is 0 Å². The Morgan fingerprint density at radius 3 is 2.29 bits per heavy atom. The number of ether oxygens (including phenoxy) is 2. The third kappa shape index (κ3) is 9.21. The molecule has 202 valence electrons. The van der Waals surface area contributed by atoms with Crippen LogP contribution in [-0.2, 0) is 22.6 Å². The van der Waals surface area contributed by atoms with Gasteiger partial charge in [0.15, 0.2) is 0 Å². The van der Waals surface area contributed by atoms with Crippen LogP contribution in [0.25, 0.3) is 0 Å². The van der Waals surface area contributed by atoms with Gasteiger partial charge in [0, 0.05) is 29.9 Å². The predicted octanol–water partition coefficient (Wildman–Crippen LogP) is 6.17. The Morgan fingerprint density at radius 1 is 0.947 bits per heavy atom. The molecule has 3 aromatic carbocycles. The highest BCUT2D eigenvalue weighted by atomic mass is 79.9. The molecule has 0 radical (unpaired) electrons. The van der Waals surface area contributed by atoms with E-state index in [1.54, 1.807) is 12.0 Å². The molecule has 6 nitrogen and oxygen atoms in total. The summed E-state index contributed by atoms with van der Waals surface area (Å²) in [5.74, 6) is 1.26. The van der Waals surface area contributed by atoms with Gasteiger partial charge in [0.25, 0.3) is 0 Å². The molecule has 0 aliphatic heterocycles. The number of halogens is 1. The molecule has 3 aromatic rings. The summed E-state index contributed by atoms with van der Waals surface area (Å²) in [4.78, 5) is 28.9. The van der Waals surface area contributed by atoms with Crippen LogP contribution in [0.15, 0.2) is 83.3 Å². The first-order valence-corrected chi connectivity index (χ1v) is 13.8. The lowest BCUT2D eigenvalue weighted by Crippen LogP contribution is -2.52. The highest BCUT2D eigenvalue weighted by molar-refractivity contribution is 9.10. The molecular formula is C31H37BrN2O4. The molecule has 0 heterocycles. The molecule has 7 heteroatoms. The van der Waals surface area contributed by atoms with Crippen molar-refractivity contribution in [1.29, 1.82) is 0 Å². The maximum absolute atomic E-state index is 13.7. The van der Waals surface area contributed by atoms with Crippen molar-refractivity contribution < 1.29 is 19.1 Å². The van der Waals surface area contributed by atoms with E-state index in [1.807, 2.05) is 92.7 Å². The Hall–Kier alpha value is -3.32. The minimum Gasteiger partial charge on any atom is -0.497 e. The SMILES string of the molecule is CC[C@H](C)NC(=O)[C@H](Cc1ccccc1)N(Cc1cccc(Br)c1)C(=O)CCCOc1ccc(OC)cc1. The second-order valence-corrected chi connectivity index (χ2v) is 10.2. The third-order valence-electron chi connectivity index (χ3n) is 6.38. The maximum Gasteiger partial charge on any atom is 0.243 e. The number of amides is 2. The summed E-state index contributed by atoms with van der Waals surface area (Å²) in [5, 5.41) is 3.10. The monoisotopic (exact) mass is 580 g/mol. The molecule has 0 saturated carbocycles. The van der Waals surface area contributed by atoms with E-state index in [-0.39, 0.29) is 24.3 Å². The maximum atomic E-state index is 13.7. The highest BCUT2D eigenvalue weighted by Crippen LogP contribution is 2.20. The fourth-order valence-corrected chi connectivity index (χ4v) is 4.50. The normalized spacial score (nSPS) is 12.3. The minimum absolute atomic E-state index is 0.0153. The summed E-state index contributed by atoms with van der Waals surface area (Å²) < 4.78 is 11.9. The topological polar surface area (TPSA) is 67.9 Å². The van der Waals surface area contributed by atoms with Crippen molar-refractivity contribution in [3.8, 4) is 11.5 Å². The van der Waals surface area contributed by atoms with E-state index in [9.17, 15) is 9.59 Å². The zero-order valence-electron chi connectivity index (χ0n) is 22.4. The summed E-state index contributed by atoms with van der Waals surface area (Å²) in [6.45, 7) is 4.74. The van der Waals surface area contributed by atoms with Gasteiger partial charge in [-0.1, -0.05) is 65.3 Å². The summed E-state index contributed by atoms with van der Waals surface area (Å²) in [6.07, 6.45) is 2.05. The Balaban J connectivity index is 1.78. The van der Waals surface area contributed by atoms with Gasteiger partial charge in [0.05, 0.1) is 13.7 Å². The predicted molar refractivity (Wildman–Crippen MR) is 154 cm³/mol. The molecule has 0 aliphatic rings. The molecule has 38 heavy (non-hydrogen) atoms. The van der Waals surface area contributed by atoms with Crippen LogP contribution in [0.4, 0.5) is 0 Å². The van der Waals surface area contributed by atoms with E-state index in [4.69, 9.17) is 9.47 Å². The van der Waals surface area contributed by atoms with Crippen LogP contribution in [-0.4, -0.2) is 42.5 Å². The number of hydrogen-bond acceptors (Lipinski definition) is 4. The lowest BCUT2D eigenvalue weighted by atomic mass is 10.0. The largest absolute Gasteiger partial charge is 0.497 e. The molecule has 0 spiro atoms. The van der Waals surface area contributed by atoms with Gasteiger partial charge >= 0.3 is 0 Å². The van der Waals surface area contributed by atoms with Gasteiger partial charge in [-0.05, 0) is 67.3 Å². The van der Waals surface area contributed by atoms with Crippen molar-refractivity contribution >= 4 is 27.7 Å². The fourth-order valence-electron chi connectivity index (χ4n) is 4.06. The van der Waals surface area contributed by atoms with E-state index in [2.05, 4.69) is 21.2 Å². The van der Waals surface area contributed by atoms with E-state index in [1.165, 1.54) is 0 Å². The number of carbonyl (C=O) groups is 2. The highest BCUT2D eigenvalue weighted by Gasteiger charge is 2.30. The average Bonchev–Trinajstić information content (AvgIpc) is 2.93. The van der Waals surface area contributed by atoms with Crippen molar-refractivity contribution in [2.24, 2.45) is 0 Å². The fraction of sp³-hybridized carbons (Fsp3) is 0.355. The Morgan fingerprint density at radius 2 is 1.63 bits per heavy atom. The zero-order valence-corrected chi connectivity index (χ0v) is 23.9. The van der Waals surface area contributed by atoms with Crippen LogP contribution in [0.2, 0.25) is 0 Å². The number of carbonyl (C=O) groups excluding carboxylic acids is 2. The van der Waals surface area contributed by atoms with Gasteiger partial charge in [-0.25, -0.2) is 0 Å². The van der Waals surface area contributed by atoms with E-state index in [0.717, 1.165) is 33.5 Å². The van der Waals surface area contributed by atoms with Crippen LogP contribution in [0.1, 0.15) is 44.2 Å². The molecule has 3 rings (SSSR count). The van der Waals surface area contributed by atoms with Crippen LogP contribution >= 0.6 is 15.9 Å². The van der Waals surface area contributed by atoms with Gasteiger partial charge in [0.2, 0.25) is 11.8 Å². The molecule has 0 bridgehead atoms. The second-order valence-electron chi connectivity index (χ2n) is 9.30. The molecule has 2 amide bonds. The van der Waals surface area contributed by atoms with Crippen molar-refractivity contribution in [2.45, 2.75) is 58.2 Å². The van der Waals surface area contributed by atoms with Crippen molar-refractivity contribution in [3.63, 3.8) is 0 Å². The molecule has 0 aliphatic carbocycles. The second kappa shape index (κ2) is 15.2. The number of hydrogen-bond donors (Lipinski definition) is 1. The van der Waals surface area contributed by atoms with Gasteiger partial charge in [-0.3, -0.25) is 9.59 Å². The molecule has 2 atom stereocenters. The van der Waals surface area contributed by atoms with Gasteiger partial charge in [-0.2, -0.15) is 0 Å². The smallest absolute Gasteiger partial charge is 0.243 e. The molecular weight excluding hydrogens is 544 g/mol. The summed E-state index contributed by atoms with van der Waals surface area (Å²) >= 11 is 3.53. The number of benzene rings is 3. The number of rotatable bonds is 14. The minimum atomic E-state index is -0.639. The van der Waals surface area contributed by atoms with Crippen molar-refractivity contribution in [2.75, 3.05) is 13.7 Å². The standard InChI is InChI=1S/C31H37BrN2O4/c1-4-23(2)33-31(36)29(21-24-10-6-5-7-11-24)34(22-25-12-8-13-26(32)20-25)30(35)14-9-19-38-28-17-15-27(37-3)16-18-28/h5-8,10-13,15-18,20,23,29H,4,9,14,19,21-22H2,1-3H3,(H,33,36)/t23-,29-/m0/s1. The van der Waals surface area contributed by atoms with Crippen LogP contribution < -0.4 is 14.8 Å². The first-order valence-electron chi connectivity index (χ1n) is 13.0. The van der Waals surface area contributed by atoms with Crippen LogP contribution in [0.5, 0.6) is 11.5 Å². The van der Waals surface area contributed by atoms with E-state index in [0.29, 0.717) is 26.0 Å². The molecule has 0 fully saturated rings. The Labute approximate surface area is 234 Å². The van der Waals surface area contributed by atoms with Crippen LogP contribution in [0, 0.1) is 0 Å².